The Balaban J connectivity index is 3.36. The molecule has 0 radical (unpaired) electrons. The van der Waals surface area contributed by atoms with Crippen molar-refractivity contribution in [3.05, 3.63) is 34.0 Å². The highest BCUT2D eigenvalue weighted by atomic mass is 35.5. The van der Waals surface area contributed by atoms with E-state index in [1.165, 1.54) is 0 Å². The van der Waals surface area contributed by atoms with Gasteiger partial charge in [0.1, 0.15) is 0 Å². The molecule has 0 fully saturated rings. The molecule has 0 atom stereocenters. The average Bonchev–Trinajstić information content (AvgIpc) is 2.00. The Kier molecular flexibility index (Phi) is 2.14. The van der Waals surface area contributed by atoms with Crippen LogP contribution in [0.4, 0.5) is 4.39 Å². The monoisotopic (exact) mass is 191 g/mol. The van der Waals surface area contributed by atoms with Gasteiger partial charge < -0.3 is 10.3 Å². The van der Waals surface area contributed by atoms with Crippen LogP contribution in [0, 0.1) is 11.0 Å². The highest BCUT2D eigenvalue weighted by Gasteiger charge is 2.20. The molecule has 0 spiro atoms. The number of pyridine rings is 1. The van der Waals surface area contributed by atoms with Crippen molar-refractivity contribution in [2.45, 2.75) is 0 Å². The molecule has 0 bridgehead atoms. The van der Waals surface area contributed by atoms with Crippen LogP contribution in [-0.4, -0.2) is 11.1 Å². The molecule has 0 unspecified atom stereocenters. The van der Waals surface area contributed by atoms with Crippen LogP contribution in [0.15, 0.2) is 12.1 Å². The molecule has 0 aliphatic rings. The lowest BCUT2D eigenvalue weighted by molar-refractivity contribution is -0.607. The molecule has 64 valence electrons. The summed E-state index contributed by atoms with van der Waals surface area (Å²) in [6.45, 7) is 0. The summed E-state index contributed by atoms with van der Waals surface area (Å²) in [6, 6.07) is 1.66. The van der Waals surface area contributed by atoms with Crippen LogP contribution in [0.25, 0.3) is 0 Å². The Morgan fingerprint density at radius 1 is 1.67 bits per heavy atom. The van der Waals surface area contributed by atoms with Crippen molar-refractivity contribution in [1.29, 1.82) is 0 Å². The minimum absolute atomic E-state index is 0.181. The van der Waals surface area contributed by atoms with E-state index in [-0.39, 0.29) is 4.73 Å². The fourth-order valence-electron chi connectivity index (χ4n) is 0.649. The second kappa shape index (κ2) is 2.94. The van der Waals surface area contributed by atoms with Crippen LogP contribution < -0.4 is 4.73 Å². The van der Waals surface area contributed by atoms with Gasteiger partial charge in [0.2, 0.25) is 5.82 Å². The van der Waals surface area contributed by atoms with Crippen LogP contribution in [0.5, 0.6) is 0 Å². The van der Waals surface area contributed by atoms with Gasteiger partial charge in [-0.3, -0.25) is 0 Å². The van der Waals surface area contributed by atoms with Crippen molar-refractivity contribution in [2.75, 3.05) is 0 Å². The number of aromatic carboxylic acids is 1. The highest BCUT2D eigenvalue weighted by Crippen LogP contribution is 2.08. The fourth-order valence-corrected chi connectivity index (χ4v) is 0.804. The topological polar surface area (TPSA) is 64.2 Å². The van der Waals surface area contributed by atoms with E-state index >= 15 is 0 Å². The van der Waals surface area contributed by atoms with E-state index in [0.717, 1.165) is 12.1 Å². The third-order valence-electron chi connectivity index (χ3n) is 1.20. The first-order valence-electron chi connectivity index (χ1n) is 2.85. The first-order chi connectivity index (χ1) is 5.54. The van der Waals surface area contributed by atoms with Crippen LogP contribution in [-0.2, 0) is 0 Å². The molecule has 1 aromatic heterocycles. The number of carboxylic acids is 1. The summed E-state index contributed by atoms with van der Waals surface area (Å²) in [7, 11) is 0. The number of carbonyl (C=O) groups is 1. The lowest BCUT2D eigenvalue weighted by atomic mass is 10.3. The molecule has 12 heavy (non-hydrogen) atoms. The van der Waals surface area contributed by atoms with Crippen LogP contribution in [0.2, 0.25) is 5.15 Å². The zero-order chi connectivity index (χ0) is 9.30. The van der Waals surface area contributed by atoms with Crippen LogP contribution in [0.1, 0.15) is 10.5 Å². The Morgan fingerprint density at radius 2 is 2.25 bits per heavy atom. The smallest absolute Gasteiger partial charge is 0.402 e. The molecule has 0 aliphatic carbocycles. The number of rotatable bonds is 1. The Hall–Kier alpha value is -1.36. The summed E-state index contributed by atoms with van der Waals surface area (Å²) >= 11 is 5.14. The van der Waals surface area contributed by atoms with Gasteiger partial charge in [-0.05, 0) is 17.7 Å². The number of carboxylic acid groups (broad SMARTS) is 1. The molecule has 0 aromatic carbocycles. The summed E-state index contributed by atoms with van der Waals surface area (Å²) in [5.74, 6) is -2.40. The van der Waals surface area contributed by atoms with Crippen molar-refractivity contribution < 1.29 is 19.0 Å². The summed E-state index contributed by atoms with van der Waals surface area (Å²) in [4.78, 5) is 10.3. The molecular weight excluding hydrogens is 189 g/mol. The Labute approximate surface area is 71.4 Å². The molecule has 1 aromatic rings. The van der Waals surface area contributed by atoms with E-state index in [4.69, 9.17) is 16.7 Å². The quantitative estimate of drug-likeness (QED) is 0.406. The molecule has 0 saturated heterocycles. The summed E-state index contributed by atoms with van der Waals surface area (Å²) in [5, 5.41) is 18.4. The fraction of sp³-hybridized carbons (Fsp3) is 0. The Morgan fingerprint density at radius 3 is 2.75 bits per heavy atom. The molecule has 1 heterocycles. The van der Waals surface area contributed by atoms with E-state index < -0.39 is 22.6 Å². The molecule has 0 aliphatic heterocycles. The van der Waals surface area contributed by atoms with E-state index in [0.29, 0.717) is 0 Å². The largest absolute Gasteiger partial charge is 0.617 e. The summed E-state index contributed by atoms with van der Waals surface area (Å²) in [5.41, 5.74) is -0.610. The summed E-state index contributed by atoms with van der Waals surface area (Å²) in [6.07, 6.45) is 0. The van der Waals surface area contributed by atoms with Crippen molar-refractivity contribution in [3.63, 3.8) is 0 Å². The normalized spacial score (nSPS) is 9.83. The molecule has 0 amide bonds. The molecular formula is C6H3ClFNO3. The minimum Gasteiger partial charge on any atom is -0.617 e. The van der Waals surface area contributed by atoms with Gasteiger partial charge in [-0.2, -0.15) is 4.39 Å². The van der Waals surface area contributed by atoms with E-state index in [1.54, 1.807) is 0 Å². The van der Waals surface area contributed by atoms with E-state index in [2.05, 4.69) is 0 Å². The van der Waals surface area contributed by atoms with Gasteiger partial charge in [0, 0.05) is 6.07 Å². The minimum atomic E-state index is -1.45. The zero-order valence-corrected chi connectivity index (χ0v) is 6.38. The van der Waals surface area contributed by atoms with Gasteiger partial charge in [0.05, 0.1) is 0 Å². The van der Waals surface area contributed by atoms with E-state index in [1.807, 2.05) is 0 Å². The number of hydrogen-bond donors (Lipinski definition) is 1. The Bertz CT molecular complexity index is 342. The van der Waals surface area contributed by atoms with Crippen molar-refractivity contribution in [3.8, 4) is 0 Å². The predicted molar refractivity (Wildman–Crippen MR) is 37.3 cm³/mol. The second-order valence-corrected chi connectivity index (χ2v) is 2.31. The van der Waals surface area contributed by atoms with E-state index in [9.17, 15) is 14.4 Å². The number of hydrogen-bond acceptors (Lipinski definition) is 2. The standard InChI is InChI=1S/C6H3ClFNO3/c7-5-3(8)1-2-4(6(10)11)9(5)12/h1-2H,(H,10,11). The maximum Gasteiger partial charge on any atom is 0.402 e. The third kappa shape index (κ3) is 1.31. The van der Waals surface area contributed by atoms with Gasteiger partial charge in [0.15, 0.2) is 0 Å². The average molecular weight is 192 g/mol. The van der Waals surface area contributed by atoms with Crippen molar-refractivity contribution in [1.82, 2.24) is 0 Å². The van der Waals surface area contributed by atoms with Gasteiger partial charge in [-0.15, -0.1) is 4.73 Å². The van der Waals surface area contributed by atoms with Crippen LogP contribution in [0.3, 0.4) is 0 Å². The predicted octanol–water partition coefficient (Wildman–Crippen LogP) is 0.811. The number of nitrogens with zero attached hydrogens (tertiary/aromatic N) is 1. The summed E-state index contributed by atoms with van der Waals surface area (Å²) < 4.78 is 12.3. The van der Waals surface area contributed by atoms with Gasteiger partial charge >= 0.3 is 16.8 Å². The molecule has 4 nitrogen and oxygen atoms in total. The highest BCUT2D eigenvalue weighted by molar-refractivity contribution is 6.28. The molecule has 1 rings (SSSR count). The first kappa shape index (κ1) is 8.73. The van der Waals surface area contributed by atoms with Gasteiger partial charge in [-0.25, -0.2) is 4.79 Å². The second-order valence-electron chi connectivity index (χ2n) is 1.96. The lowest BCUT2D eigenvalue weighted by Crippen LogP contribution is -2.36. The molecule has 1 N–H and O–H groups in total. The maximum atomic E-state index is 12.5. The van der Waals surface area contributed by atoms with Gasteiger partial charge in [0.25, 0.3) is 0 Å². The van der Waals surface area contributed by atoms with Gasteiger partial charge in [-0.1, -0.05) is 0 Å². The third-order valence-corrected chi connectivity index (χ3v) is 1.53. The number of aromatic nitrogens is 1. The van der Waals surface area contributed by atoms with Crippen LogP contribution >= 0.6 is 11.6 Å². The molecule has 0 saturated carbocycles. The van der Waals surface area contributed by atoms with Crippen molar-refractivity contribution >= 4 is 17.6 Å². The zero-order valence-electron chi connectivity index (χ0n) is 5.62. The SMILES string of the molecule is O=C(O)c1ccc(F)c(Cl)[n+]1[O-]. The first-order valence-corrected chi connectivity index (χ1v) is 3.22. The molecule has 6 heteroatoms. The maximum absolute atomic E-state index is 12.5. The number of halogens is 2. The van der Waals surface area contributed by atoms with Crippen molar-refractivity contribution in [2.24, 2.45) is 0 Å². The lowest BCUT2D eigenvalue weighted by Gasteiger charge is -2.01.